The fraction of sp³-hybridized carbons (Fsp3) is 0.652. The molecule has 0 heterocycles. The number of hydrogen-bond acceptors (Lipinski definition) is 2. The molecule has 2 N–H and O–H groups in total. The maximum absolute atomic E-state index is 13.2. The van der Waals surface area contributed by atoms with E-state index in [1.54, 1.807) is 7.05 Å². The number of amides is 2. The van der Waals surface area contributed by atoms with Crippen molar-refractivity contribution in [2.24, 2.45) is 0 Å². The number of carbonyl (C=O) groups is 2. The summed E-state index contributed by atoms with van der Waals surface area (Å²) in [6.07, 6.45) is 4.43. The van der Waals surface area contributed by atoms with Crippen LogP contribution in [0.3, 0.4) is 0 Å². The van der Waals surface area contributed by atoms with Gasteiger partial charge in [-0.25, -0.2) is 0 Å². The fourth-order valence-electron chi connectivity index (χ4n) is 3.72. The van der Waals surface area contributed by atoms with Gasteiger partial charge in [0, 0.05) is 12.6 Å². The van der Waals surface area contributed by atoms with Crippen molar-refractivity contribution < 1.29 is 9.59 Å². The molecule has 1 aromatic rings. The summed E-state index contributed by atoms with van der Waals surface area (Å²) in [5, 5.41) is 5.86. The molecule has 0 atom stereocenters. The first kappa shape index (κ1) is 21.5. The molecule has 4 nitrogen and oxygen atoms in total. The van der Waals surface area contributed by atoms with E-state index in [1.807, 2.05) is 12.1 Å². The molecule has 27 heavy (non-hydrogen) atoms. The molecule has 0 aromatic heterocycles. The van der Waals surface area contributed by atoms with Gasteiger partial charge in [0.05, 0.1) is 0 Å². The molecule has 0 aliphatic heterocycles. The third-order valence-electron chi connectivity index (χ3n) is 5.65. The van der Waals surface area contributed by atoms with Crippen LogP contribution in [0.1, 0.15) is 95.1 Å². The summed E-state index contributed by atoms with van der Waals surface area (Å²) < 4.78 is 0. The Bertz CT molecular complexity index is 670. The van der Waals surface area contributed by atoms with Crippen LogP contribution in [-0.2, 0) is 15.6 Å². The minimum absolute atomic E-state index is 0.0559. The third-order valence-corrected chi connectivity index (χ3v) is 5.65. The van der Waals surface area contributed by atoms with Crippen molar-refractivity contribution in [2.45, 2.75) is 90.0 Å². The number of benzene rings is 1. The van der Waals surface area contributed by atoms with E-state index in [9.17, 15) is 9.59 Å². The molecule has 1 saturated carbocycles. The van der Waals surface area contributed by atoms with Crippen molar-refractivity contribution in [1.29, 1.82) is 0 Å². The fourth-order valence-corrected chi connectivity index (χ4v) is 3.72. The van der Waals surface area contributed by atoms with E-state index in [0.29, 0.717) is 18.4 Å². The Kier molecular flexibility index (Phi) is 6.08. The van der Waals surface area contributed by atoms with E-state index in [0.717, 1.165) is 30.4 Å². The molecule has 1 aliphatic carbocycles. The number of carbonyl (C=O) groups excluding carboxylic acids is 2. The zero-order valence-corrected chi connectivity index (χ0v) is 18.1. The number of nitrogens with one attached hydrogen (secondary N) is 2. The summed E-state index contributed by atoms with van der Waals surface area (Å²) in [6.45, 7) is 12.9. The SMILES string of the molecule is CNC(=O)C1(NC(=O)c2cc(C(C)(C)C)cc(C(C)(C)C)c2)CCCCC1. The number of likely N-dealkylation sites (N-methyl/N-ethyl adjacent to an activating group) is 1. The molecule has 0 unspecified atom stereocenters. The first-order chi connectivity index (χ1) is 12.4. The van der Waals surface area contributed by atoms with Crippen molar-refractivity contribution >= 4 is 11.8 Å². The van der Waals surface area contributed by atoms with Gasteiger partial charge in [-0.2, -0.15) is 0 Å². The molecular formula is C23H36N2O2. The summed E-state index contributed by atoms with van der Waals surface area (Å²) in [7, 11) is 1.64. The highest BCUT2D eigenvalue weighted by Crippen LogP contribution is 2.32. The molecule has 2 amide bonds. The van der Waals surface area contributed by atoms with Crippen LogP contribution < -0.4 is 10.6 Å². The molecule has 1 aromatic carbocycles. The lowest BCUT2D eigenvalue weighted by Gasteiger charge is -2.36. The molecule has 0 bridgehead atoms. The molecule has 1 aliphatic rings. The van der Waals surface area contributed by atoms with Gasteiger partial charge in [0.15, 0.2) is 0 Å². The van der Waals surface area contributed by atoms with Crippen LogP contribution in [0.5, 0.6) is 0 Å². The second-order valence-corrected chi connectivity index (χ2v) is 9.98. The van der Waals surface area contributed by atoms with Crippen LogP contribution in [0.2, 0.25) is 0 Å². The topological polar surface area (TPSA) is 58.2 Å². The monoisotopic (exact) mass is 372 g/mol. The zero-order chi connectivity index (χ0) is 20.5. The smallest absolute Gasteiger partial charge is 0.252 e. The largest absolute Gasteiger partial charge is 0.357 e. The summed E-state index contributed by atoms with van der Waals surface area (Å²) in [5.41, 5.74) is 2.01. The lowest BCUT2D eigenvalue weighted by molar-refractivity contribution is -0.128. The Hall–Kier alpha value is -1.84. The van der Waals surface area contributed by atoms with E-state index in [4.69, 9.17) is 0 Å². The van der Waals surface area contributed by atoms with Gasteiger partial charge in [-0.1, -0.05) is 66.9 Å². The first-order valence-corrected chi connectivity index (χ1v) is 10.1. The zero-order valence-electron chi connectivity index (χ0n) is 18.1. The minimum Gasteiger partial charge on any atom is -0.357 e. The van der Waals surface area contributed by atoms with Gasteiger partial charge in [-0.3, -0.25) is 9.59 Å². The van der Waals surface area contributed by atoms with Gasteiger partial charge in [0.25, 0.3) is 5.91 Å². The van der Waals surface area contributed by atoms with Crippen LogP contribution in [0.4, 0.5) is 0 Å². The van der Waals surface area contributed by atoms with Gasteiger partial charge in [0.1, 0.15) is 5.54 Å². The van der Waals surface area contributed by atoms with Crippen molar-refractivity contribution in [3.8, 4) is 0 Å². The van der Waals surface area contributed by atoms with Crippen LogP contribution >= 0.6 is 0 Å². The predicted octanol–water partition coefficient (Wildman–Crippen LogP) is 4.46. The first-order valence-electron chi connectivity index (χ1n) is 10.1. The predicted molar refractivity (Wildman–Crippen MR) is 111 cm³/mol. The Labute approximate surface area is 164 Å². The van der Waals surface area contributed by atoms with Crippen molar-refractivity contribution in [1.82, 2.24) is 10.6 Å². The second-order valence-electron chi connectivity index (χ2n) is 9.98. The van der Waals surface area contributed by atoms with Crippen LogP contribution in [-0.4, -0.2) is 24.4 Å². The molecule has 2 rings (SSSR count). The van der Waals surface area contributed by atoms with Gasteiger partial charge in [-0.15, -0.1) is 0 Å². The lowest BCUT2D eigenvalue weighted by Crippen LogP contribution is -2.59. The summed E-state index contributed by atoms with van der Waals surface area (Å²) in [5.74, 6) is -0.240. The van der Waals surface area contributed by atoms with Crippen molar-refractivity contribution in [3.05, 3.63) is 34.9 Å². The number of rotatable bonds is 3. The molecule has 0 radical (unpaired) electrons. The summed E-state index contributed by atoms with van der Waals surface area (Å²) in [6, 6.07) is 6.15. The highest BCUT2D eigenvalue weighted by Gasteiger charge is 2.40. The van der Waals surface area contributed by atoms with E-state index < -0.39 is 5.54 Å². The van der Waals surface area contributed by atoms with Gasteiger partial charge >= 0.3 is 0 Å². The van der Waals surface area contributed by atoms with Gasteiger partial charge in [0.2, 0.25) is 5.91 Å². The highest BCUT2D eigenvalue weighted by atomic mass is 16.2. The Morgan fingerprint density at radius 1 is 0.852 bits per heavy atom. The van der Waals surface area contributed by atoms with Crippen LogP contribution in [0.25, 0.3) is 0 Å². The number of hydrogen-bond donors (Lipinski definition) is 2. The van der Waals surface area contributed by atoms with Gasteiger partial charge < -0.3 is 10.6 Å². The average molecular weight is 373 g/mol. The maximum Gasteiger partial charge on any atom is 0.252 e. The lowest BCUT2D eigenvalue weighted by atomic mass is 9.78. The highest BCUT2D eigenvalue weighted by molar-refractivity contribution is 5.99. The maximum atomic E-state index is 13.2. The van der Waals surface area contributed by atoms with Crippen molar-refractivity contribution in [3.63, 3.8) is 0 Å². The minimum atomic E-state index is -0.788. The Morgan fingerprint density at radius 2 is 1.33 bits per heavy atom. The third kappa shape index (κ3) is 4.91. The van der Waals surface area contributed by atoms with E-state index in [2.05, 4.69) is 58.2 Å². The molecule has 1 fully saturated rings. The van der Waals surface area contributed by atoms with Crippen LogP contribution in [0, 0.1) is 0 Å². The van der Waals surface area contributed by atoms with Crippen molar-refractivity contribution in [2.75, 3.05) is 7.05 Å². The van der Waals surface area contributed by atoms with Crippen LogP contribution in [0.15, 0.2) is 18.2 Å². The standard InChI is InChI=1S/C23H36N2O2/c1-21(2,3)17-13-16(14-18(15-17)22(4,5)6)19(26)25-23(20(27)24-7)11-9-8-10-12-23/h13-15H,8-12H2,1-7H3,(H,24,27)(H,25,26). The summed E-state index contributed by atoms with van der Waals surface area (Å²) >= 11 is 0. The average Bonchev–Trinajstić information content (AvgIpc) is 2.59. The van der Waals surface area contributed by atoms with E-state index in [-0.39, 0.29) is 22.6 Å². The molecule has 0 spiro atoms. The second kappa shape index (κ2) is 7.65. The molecular weight excluding hydrogens is 336 g/mol. The molecule has 0 saturated heterocycles. The molecule has 4 heteroatoms. The normalized spacial score (nSPS) is 17.3. The molecule has 150 valence electrons. The van der Waals surface area contributed by atoms with E-state index >= 15 is 0 Å². The quantitative estimate of drug-likeness (QED) is 0.823. The van der Waals surface area contributed by atoms with Gasteiger partial charge in [-0.05, 0) is 46.9 Å². The summed E-state index contributed by atoms with van der Waals surface area (Å²) in [4.78, 5) is 25.8. The van der Waals surface area contributed by atoms with E-state index in [1.165, 1.54) is 0 Å². The Morgan fingerprint density at radius 3 is 1.74 bits per heavy atom. The Balaban J connectivity index is 2.43.